The Morgan fingerprint density at radius 2 is 2.17 bits per heavy atom. The highest BCUT2D eigenvalue weighted by molar-refractivity contribution is 8.00. The van der Waals surface area contributed by atoms with Crippen LogP contribution in [-0.2, 0) is 16.1 Å². The van der Waals surface area contributed by atoms with Crippen LogP contribution in [0.2, 0.25) is 5.02 Å². The van der Waals surface area contributed by atoms with Gasteiger partial charge in [-0.3, -0.25) is 4.79 Å². The summed E-state index contributed by atoms with van der Waals surface area (Å²) < 4.78 is 7.06. The lowest BCUT2D eigenvalue weighted by molar-refractivity contribution is -0.117. The highest BCUT2D eigenvalue weighted by Gasteiger charge is 2.20. The van der Waals surface area contributed by atoms with Crippen molar-refractivity contribution in [1.29, 1.82) is 0 Å². The van der Waals surface area contributed by atoms with Gasteiger partial charge in [-0.05, 0) is 25.5 Å². The van der Waals surface area contributed by atoms with Gasteiger partial charge >= 0.3 is 0 Å². The van der Waals surface area contributed by atoms with Crippen molar-refractivity contribution in [2.24, 2.45) is 5.73 Å². The molecule has 0 saturated carbocycles. The second-order valence-electron chi connectivity index (χ2n) is 4.95. The molecule has 2 N–H and O–H groups in total. The van der Waals surface area contributed by atoms with E-state index in [0.29, 0.717) is 29.2 Å². The number of benzene rings is 1. The van der Waals surface area contributed by atoms with Crippen LogP contribution in [0.15, 0.2) is 29.4 Å². The molecule has 8 heteroatoms. The van der Waals surface area contributed by atoms with Crippen LogP contribution >= 0.6 is 23.4 Å². The highest BCUT2D eigenvalue weighted by atomic mass is 35.5. The van der Waals surface area contributed by atoms with E-state index in [0.717, 1.165) is 12.0 Å². The maximum atomic E-state index is 11.3. The molecular formula is C15H19ClN4O2S. The summed E-state index contributed by atoms with van der Waals surface area (Å²) in [5, 5.41) is 9.31. The number of rotatable bonds is 8. The summed E-state index contributed by atoms with van der Waals surface area (Å²) in [6.07, 6.45) is 0.796. The van der Waals surface area contributed by atoms with Crippen molar-refractivity contribution in [3.8, 4) is 11.4 Å². The lowest BCUT2D eigenvalue weighted by Gasteiger charge is -2.12. The fraction of sp³-hybridized carbons (Fsp3) is 0.400. The summed E-state index contributed by atoms with van der Waals surface area (Å²) in [4.78, 5) is 11.3. The summed E-state index contributed by atoms with van der Waals surface area (Å²) >= 11 is 7.56. The molecule has 2 aromatic rings. The molecule has 0 saturated heterocycles. The number of hydrogen-bond donors (Lipinski definition) is 1. The van der Waals surface area contributed by atoms with Crippen molar-refractivity contribution >= 4 is 29.3 Å². The van der Waals surface area contributed by atoms with E-state index in [-0.39, 0.29) is 11.2 Å². The van der Waals surface area contributed by atoms with E-state index in [1.54, 1.807) is 14.0 Å². The lowest BCUT2D eigenvalue weighted by Crippen LogP contribution is -2.23. The van der Waals surface area contributed by atoms with Crippen LogP contribution in [0.5, 0.6) is 0 Å². The van der Waals surface area contributed by atoms with Crippen molar-refractivity contribution < 1.29 is 9.53 Å². The summed E-state index contributed by atoms with van der Waals surface area (Å²) in [7, 11) is 1.66. The molecular weight excluding hydrogens is 336 g/mol. The molecule has 0 fully saturated rings. The van der Waals surface area contributed by atoms with E-state index in [1.807, 2.05) is 28.8 Å². The van der Waals surface area contributed by atoms with E-state index >= 15 is 0 Å². The number of methoxy groups -OCH3 is 1. The Morgan fingerprint density at radius 1 is 1.43 bits per heavy atom. The quantitative estimate of drug-likeness (QED) is 0.582. The lowest BCUT2D eigenvalue weighted by atomic mass is 10.2. The molecule has 124 valence electrons. The number of ether oxygens (including phenoxy) is 1. The molecule has 1 aromatic carbocycles. The van der Waals surface area contributed by atoms with E-state index in [1.165, 1.54) is 11.8 Å². The maximum absolute atomic E-state index is 11.3. The number of thioether (sulfide) groups is 1. The number of nitrogens with two attached hydrogens (primary N) is 1. The van der Waals surface area contributed by atoms with E-state index < -0.39 is 0 Å². The zero-order valence-electron chi connectivity index (χ0n) is 13.0. The fourth-order valence-electron chi connectivity index (χ4n) is 2.00. The molecule has 6 nitrogen and oxygen atoms in total. The number of halogens is 1. The minimum Gasteiger partial charge on any atom is -0.385 e. The first kappa shape index (κ1) is 17.8. The van der Waals surface area contributed by atoms with Gasteiger partial charge in [0.15, 0.2) is 11.0 Å². The third-order valence-electron chi connectivity index (χ3n) is 3.24. The van der Waals surface area contributed by atoms with E-state index in [4.69, 9.17) is 22.1 Å². The summed E-state index contributed by atoms with van der Waals surface area (Å²) in [6, 6.07) is 7.46. The standard InChI is InChI=1S/C15H19ClN4O2S/c1-10(13(17)21)23-15-19-18-14(20(15)8-5-9-22-2)11-6-3-4-7-12(11)16/h3-4,6-7,10H,5,8-9H2,1-2H3,(H2,17,21)/t10-/m0/s1. The third-order valence-corrected chi connectivity index (χ3v) is 4.67. The first-order chi connectivity index (χ1) is 11.0. The van der Waals surface area contributed by atoms with Gasteiger partial charge in [0.1, 0.15) is 0 Å². The number of primary amides is 1. The van der Waals surface area contributed by atoms with Crippen LogP contribution in [-0.4, -0.2) is 39.6 Å². The Bertz CT molecular complexity index is 677. The number of hydrogen-bond acceptors (Lipinski definition) is 5. The Balaban J connectivity index is 2.36. The number of nitrogens with zero attached hydrogens (tertiary/aromatic N) is 3. The maximum Gasteiger partial charge on any atom is 0.230 e. The van der Waals surface area contributed by atoms with Gasteiger partial charge in [-0.1, -0.05) is 35.5 Å². The van der Waals surface area contributed by atoms with E-state index in [9.17, 15) is 4.79 Å². The zero-order chi connectivity index (χ0) is 16.8. The molecule has 0 bridgehead atoms. The Hall–Kier alpha value is -1.57. The van der Waals surface area contributed by atoms with Crippen molar-refractivity contribution in [3.63, 3.8) is 0 Å². The van der Waals surface area contributed by atoms with Gasteiger partial charge in [-0.25, -0.2) is 0 Å². The first-order valence-corrected chi connectivity index (χ1v) is 8.43. The molecule has 2 rings (SSSR count). The molecule has 1 aromatic heterocycles. The SMILES string of the molecule is COCCCn1c(S[C@@H](C)C(N)=O)nnc1-c1ccccc1Cl. The molecule has 1 amide bonds. The van der Waals surface area contributed by atoms with Crippen LogP contribution in [0.3, 0.4) is 0 Å². The molecule has 1 atom stereocenters. The Kier molecular flexibility index (Phi) is 6.44. The normalized spacial score (nSPS) is 12.3. The van der Waals surface area contributed by atoms with Crippen molar-refractivity contribution in [2.45, 2.75) is 30.3 Å². The van der Waals surface area contributed by atoms with Crippen molar-refractivity contribution in [3.05, 3.63) is 29.3 Å². The predicted octanol–water partition coefficient (Wildman–Crippen LogP) is 2.60. The van der Waals surface area contributed by atoms with Gasteiger partial charge in [0.2, 0.25) is 5.91 Å². The molecule has 0 unspecified atom stereocenters. The average Bonchev–Trinajstić information content (AvgIpc) is 2.90. The molecule has 1 heterocycles. The van der Waals surface area contributed by atoms with Crippen molar-refractivity contribution in [2.75, 3.05) is 13.7 Å². The average molecular weight is 355 g/mol. The van der Waals surface area contributed by atoms with Crippen LogP contribution < -0.4 is 5.73 Å². The van der Waals surface area contributed by atoms with Crippen molar-refractivity contribution in [1.82, 2.24) is 14.8 Å². The highest BCUT2D eigenvalue weighted by Crippen LogP contribution is 2.30. The van der Waals surface area contributed by atoms with Crippen LogP contribution in [0.25, 0.3) is 11.4 Å². The molecule has 0 aliphatic heterocycles. The van der Waals surface area contributed by atoms with Gasteiger partial charge in [0.05, 0.1) is 10.3 Å². The predicted molar refractivity (Wildman–Crippen MR) is 91.5 cm³/mol. The molecule has 0 spiro atoms. The zero-order valence-corrected chi connectivity index (χ0v) is 14.6. The Morgan fingerprint density at radius 3 is 2.83 bits per heavy atom. The minimum atomic E-state index is -0.389. The van der Waals surface area contributed by atoms with Crippen LogP contribution in [0.1, 0.15) is 13.3 Å². The second-order valence-corrected chi connectivity index (χ2v) is 6.66. The summed E-state index contributed by atoms with van der Waals surface area (Å²) in [6.45, 7) is 3.03. The number of amides is 1. The molecule has 0 radical (unpaired) electrons. The van der Waals surface area contributed by atoms with Gasteiger partial charge < -0.3 is 15.0 Å². The summed E-state index contributed by atoms with van der Waals surface area (Å²) in [5.41, 5.74) is 6.14. The first-order valence-electron chi connectivity index (χ1n) is 7.17. The largest absolute Gasteiger partial charge is 0.385 e. The number of aromatic nitrogens is 3. The fourth-order valence-corrected chi connectivity index (χ4v) is 3.05. The number of carbonyl (C=O) groups is 1. The topological polar surface area (TPSA) is 83.0 Å². The minimum absolute atomic E-state index is 0.388. The third kappa shape index (κ3) is 4.46. The van der Waals surface area contributed by atoms with E-state index in [2.05, 4.69) is 10.2 Å². The van der Waals surface area contributed by atoms with Gasteiger partial charge in [0.25, 0.3) is 0 Å². The monoisotopic (exact) mass is 354 g/mol. The van der Waals surface area contributed by atoms with Crippen LogP contribution in [0.4, 0.5) is 0 Å². The summed E-state index contributed by atoms with van der Waals surface area (Å²) in [5.74, 6) is 0.284. The van der Waals surface area contributed by atoms with Crippen LogP contribution in [0, 0.1) is 0 Å². The molecule has 23 heavy (non-hydrogen) atoms. The van der Waals surface area contributed by atoms with Gasteiger partial charge in [0, 0.05) is 25.8 Å². The smallest absolute Gasteiger partial charge is 0.230 e. The second kappa shape index (κ2) is 8.33. The Labute approximate surface area is 144 Å². The van der Waals surface area contributed by atoms with Gasteiger partial charge in [-0.15, -0.1) is 10.2 Å². The molecule has 0 aliphatic rings. The molecule has 0 aliphatic carbocycles. The number of carbonyl (C=O) groups excluding carboxylic acids is 1. The van der Waals surface area contributed by atoms with Gasteiger partial charge in [-0.2, -0.15) is 0 Å².